The van der Waals surface area contributed by atoms with Crippen molar-refractivity contribution in [2.45, 2.75) is 36.6 Å². The highest BCUT2D eigenvalue weighted by atomic mass is 35.5. The van der Waals surface area contributed by atoms with E-state index >= 15 is 0 Å². The van der Waals surface area contributed by atoms with Gasteiger partial charge in [-0.1, -0.05) is 11.6 Å². The summed E-state index contributed by atoms with van der Waals surface area (Å²) in [5, 5.41) is -0.931. The van der Waals surface area contributed by atoms with E-state index in [9.17, 15) is 21.6 Å². The van der Waals surface area contributed by atoms with Crippen molar-refractivity contribution in [3.05, 3.63) is 28.8 Å². The Labute approximate surface area is 152 Å². The number of hydrogen-bond acceptors (Lipinski definition) is 4. The van der Waals surface area contributed by atoms with Crippen LogP contribution in [-0.2, 0) is 14.8 Å². The maximum absolute atomic E-state index is 13.9. The molecule has 0 spiro atoms. The van der Waals surface area contributed by atoms with Gasteiger partial charge in [0.2, 0.25) is 10.0 Å². The van der Waals surface area contributed by atoms with E-state index in [0.29, 0.717) is 26.1 Å². The van der Waals surface area contributed by atoms with Crippen molar-refractivity contribution in [2.24, 2.45) is 0 Å². The highest BCUT2D eigenvalue weighted by Crippen LogP contribution is 2.36. The Balaban J connectivity index is 1.83. The minimum Gasteiger partial charge on any atom is -0.377 e. The molecule has 2 aromatic rings. The summed E-state index contributed by atoms with van der Waals surface area (Å²) < 4.78 is 74.5. The van der Waals surface area contributed by atoms with Crippen LogP contribution in [0.4, 0.5) is 13.2 Å². The van der Waals surface area contributed by atoms with Gasteiger partial charge in [-0.15, -0.1) is 0 Å². The maximum atomic E-state index is 13.9. The van der Waals surface area contributed by atoms with Gasteiger partial charge < -0.3 is 9.30 Å². The van der Waals surface area contributed by atoms with Crippen LogP contribution >= 0.6 is 11.6 Å². The van der Waals surface area contributed by atoms with E-state index in [1.807, 2.05) is 0 Å². The summed E-state index contributed by atoms with van der Waals surface area (Å²) in [6.45, 7) is 0.708. The summed E-state index contributed by atoms with van der Waals surface area (Å²) in [4.78, 5) is 3.96. The first-order valence-corrected chi connectivity index (χ1v) is 9.94. The van der Waals surface area contributed by atoms with Crippen LogP contribution < -0.4 is 4.72 Å². The Bertz CT molecular complexity index is 958. The van der Waals surface area contributed by atoms with Crippen molar-refractivity contribution in [1.29, 1.82) is 0 Å². The summed E-state index contributed by atoms with van der Waals surface area (Å²) in [7, 11) is -3.87. The molecule has 2 aliphatic rings. The van der Waals surface area contributed by atoms with E-state index in [1.54, 1.807) is 4.57 Å². The molecule has 4 rings (SSSR count). The van der Waals surface area contributed by atoms with Gasteiger partial charge in [0.25, 0.3) is 6.43 Å². The number of nitrogens with one attached hydrogen (secondary N) is 1. The van der Waals surface area contributed by atoms with Gasteiger partial charge in [0, 0.05) is 17.1 Å². The van der Waals surface area contributed by atoms with E-state index in [-0.39, 0.29) is 27.8 Å². The van der Waals surface area contributed by atoms with Crippen molar-refractivity contribution in [3.8, 4) is 0 Å². The van der Waals surface area contributed by atoms with Crippen molar-refractivity contribution in [1.82, 2.24) is 14.3 Å². The predicted molar refractivity (Wildman–Crippen MR) is 88.4 cm³/mol. The van der Waals surface area contributed by atoms with Gasteiger partial charge in [-0.25, -0.2) is 31.3 Å². The highest BCUT2D eigenvalue weighted by molar-refractivity contribution is 7.90. The quantitative estimate of drug-likeness (QED) is 0.745. The van der Waals surface area contributed by atoms with Crippen LogP contribution in [0.3, 0.4) is 0 Å². The average Bonchev–Trinajstić information content (AvgIpc) is 3.31. The molecule has 1 aliphatic heterocycles. The molecule has 26 heavy (non-hydrogen) atoms. The fourth-order valence-corrected chi connectivity index (χ4v) is 4.63. The minimum atomic E-state index is -3.87. The molecule has 3 heterocycles. The second-order valence-electron chi connectivity index (χ2n) is 6.49. The van der Waals surface area contributed by atoms with Crippen molar-refractivity contribution in [3.63, 3.8) is 0 Å². The van der Waals surface area contributed by atoms with Gasteiger partial charge in [-0.3, -0.25) is 0 Å². The Morgan fingerprint density at radius 2 is 2.04 bits per heavy atom. The molecule has 142 valence electrons. The fraction of sp³-hybridized carbons (Fsp3) is 0.533. The largest absolute Gasteiger partial charge is 0.377 e. The number of hydrogen-bond donors (Lipinski definition) is 1. The Morgan fingerprint density at radius 1 is 1.35 bits per heavy atom. The van der Waals surface area contributed by atoms with Gasteiger partial charge in [-0.05, 0) is 18.9 Å². The number of rotatable bonds is 6. The topological polar surface area (TPSA) is 73.2 Å². The molecule has 0 amide bonds. The Morgan fingerprint density at radius 3 is 2.58 bits per heavy atom. The van der Waals surface area contributed by atoms with Crippen molar-refractivity contribution in [2.75, 3.05) is 13.2 Å². The fourth-order valence-electron chi connectivity index (χ4n) is 2.96. The van der Waals surface area contributed by atoms with Crippen molar-refractivity contribution < 1.29 is 26.3 Å². The summed E-state index contributed by atoms with van der Waals surface area (Å²) in [5.74, 6) is -0.860. The van der Waals surface area contributed by atoms with Crippen molar-refractivity contribution >= 4 is 32.7 Å². The first-order chi connectivity index (χ1) is 12.3. The molecule has 0 radical (unpaired) electrons. The number of ether oxygens (including phenoxy) is 1. The SMILES string of the molecule is O=S(=O)(NC(c1cn(C2COC2)c2nc(Cl)c(F)cc12)C(F)F)C1CC1. The third-order valence-corrected chi connectivity index (χ3v) is 6.80. The van der Waals surface area contributed by atoms with Crippen LogP contribution in [0.5, 0.6) is 0 Å². The van der Waals surface area contributed by atoms with Gasteiger partial charge in [0.05, 0.1) is 24.5 Å². The van der Waals surface area contributed by atoms with E-state index in [2.05, 4.69) is 9.71 Å². The second kappa shape index (κ2) is 6.36. The first kappa shape index (κ1) is 18.0. The smallest absolute Gasteiger partial charge is 0.258 e. The predicted octanol–water partition coefficient (Wildman–Crippen LogP) is 2.79. The monoisotopic (exact) mass is 409 g/mol. The maximum Gasteiger partial charge on any atom is 0.258 e. The molecule has 1 aliphatic carbocycles. The molecule has 1 unspecified atom stereocenters. The molecule has 0 bridgehead atoms. The molecular weight excluding hydrogens is 395 g/mol. The number of alkyl halides is 2. The average molecular weight is 410 g/mol. The van der Waals surface area contributed by atoms with E-state index in [4.69, 9.17) is 16.3 Å². The van der Waals surface area contributed by atoms with E-state index in [0.717, 1.165) is 6.07 Å². The molecular formula is C15H15ClF3N3O3S. The van der Waals surface area contributed by atoms with E-state index in [1.165, 1.54) is 6.20 Å². The van der Waals surface area contributed by atoms with E-state index < -0.39 is 33.6 Å². The lowest BCUT2D eigenvalue weighted by atomic mass is 10.1. The number of halogens is 4. The second-order valence-corrected chi connectivity index (χ2v) is 8.84. The zero-order valence-electron chi connectivity index (χ0n) is 13.3. The zero-order valence-corrected chi connectivity index (χ0v) is 14.9. The lowest BCUT2D eigenvalue weighted by molar-refractivity contribution is -0.0217. The molecule has 1 N–H and O–H groups in total. The van der Waals surface area contributed by atoms with Gasteiger partial charge in [-0.2, -0.15) is 0 Å². The summed E-state index contributed by atoms with van der Waals surface area (Å²) in [5.41, 5.74) is 0.185. The van der Waals surface area contributed by atoms with Crippen LogP contribution in [0.2, 0.25) is 5.15 Å². The van der Waals surface area contributed by atoms with Crippen LogP contribution in [0, 0.1) is 5.82 Å². The highest BCUT2D eigenvalue weighted by Gasteiger charge is 2.40. The molecule has 1 saturated carbocycles. The standard InChI is InChI=1S/C15H15ClF3N3O3S/c16-13-11(17)3-9-10(4-22(15(9)20-13)7-5-25-6-7)12(14(18)19)21-26(23,24)8-1-2-8/h3-4,7-8,12,14,21H,1-2,5-6H2. The number of sulfonamides is 1. The molecule has 2 aromatic heterocycles. The zero-order chi connectivity index (χ0) is 18.6. The molecule has 0 aromatic carbocycles. The number of nitrogens with zero attached hydrogens (tertiary/aromatic N) is 2. The van der Waals surface area contributed by atoms with Crippen LogP contribution in [0.25, 0.3) is 11.0 Å². The minimum absolute atomic E-state index is 0.0332. The number of pyridine rings is 1. The Hall–Kier alpha value is -1.36. The summed E-state index contributed by atoms with van der Waals surface area (Å²) in [6, 6.07) is -0.942. The molecule has 11 heteroatoms. The lowest BCUT2D eigenvalue weighted by Gasteiger charge is -2.28. The summed E-state index contributed by atoms with van der Waals surface area (Å²) >= 11 is 5.74. The van der Waals surface area contributed by atoms with Gasteiger partial charge in [0.1, 0.15) is 11.7 Å². The number of fused-ring (bicyclic) bond motifs is 1. The number of aromatic nitrogens is 2. The third-order valence-electron chi connectivity index (χ3n) is 4.60. The molecule has 1 saturated heterocycles. The first-order valence-electron chi connectivity index (χ1n) is 8.01. The molecule has 6 nitrogen and oxygen atoms in total. The van der Waals surface area contributed by atoms with Gasteiger partial charge >= 0.3 is 0 Å². The third kappa shape index (κ3) is 3.08. The van der Waals surface area contributed by atoms with Gasteiger partial charge in [0.15, 0.2) is 11.0 Å². The van der Waals surface area contributed by atoms with Crippen LogP contribution in [-0.4, -0.2) is 42.9 Å². The molecule has 1 atom stereocenters. The Kier molecular flexibility index (Phi) is 4.41. The summed E-state index contributed by atoms with van der Waals surface area (Å²) in [6.07, 6.45) is -0.748. The lowest BCUT2D eigenvalue weighted by Crippen LogP contribution is -2.35. The van der Waals surface area contributed by atoms with Crippen LogP contribution in [0.1, 0.15) is 30.5 Å². The van der Waals surface area contributed by atoms with Crippen LogP contribution in [0.15, 0.2) is 12.3 Å². The molecule has 2 fully saturated rings. The normalized spacial score (nSPS) is 19.9.